The van der Waals surface area contributed by atoms with Crippen molar-refractivity contribution in [1.82, 2.24) is 4.90 Å². The molecular weight excluding hydrogens is 342 g/mol. The van der Waals surface area contributed by atoms with Gasteiger partial charge in [-0.3, -0.25) is 9.69 Å². The summed E-state index contributed by atoms with van der Waals surface area (Å²) in [5, 5.41) is 2.72. The average Bonchev–Trinajstić information content (AvgIpc) is 2.58. The molecule has 0 unspecified atom stereocenters. The quantitative estimate of drug-likeness (QED) is 0.736. The third-order valence-electron chi connectivity index (χ3n) is 3.46. The smallest absolute Gasteiger partial charge is 0.387 e. The summed E-state index contributed by atoms with van der Waals surface area (Å²) in [4.78, 5) is 14.0. The summed E-state index contributed by atoms with van der Waals surface area (Å²) in [7, 11) is 1.84. The predicted octanol–water partition coefficient (Wildman–Crippen LogP) is 3.76. The number of hydrogen-bond acceptors (Lipinski definition) is 4. The van der Waals surface area contributed by atoms with Crippen LogP contribution in [0.5, 0.6) is 11.5 Å². The first-order chi connectivity index (χ1) is 12.5. The van der Waals surface area contributed by atoms with E-state index in [1.54, 1.807) is 0 Å². The van der Waals surface area contributed by atoms with Crippen LogP contribution in [-0.2, 0) is 11.3 Å². The summed E-state index contributed by atoms with van der Waals surface area (Å²) in [6.07, 6.45) is 0. The second-order valence-corrected chi connectivity index (χ2v) is 5.70. The SMILES string of the molecule is CCOc1ccc(CN(C)CC(=O)Nc2ccc(OC(F)F)cc2)cc1. The Labute approximate surface area is 151 Å². The number of carbonyl (C=O) groups excluding carboxylic acids is 1. The average molecular weight is 364 g/mol. The van der Waals surface area contributed by atoms with E-state index in [0.717, 1.165) is 11.3 Å². The molecule has 26 heavy (non-hydrogen) atoms. The lowest BCUT2D eigenvalue weighted by atomic mass is 10.2. The minimum absolute atomic E-state index is 0.0469. The van der Waals surface area contributed by atoms with Crippen molar-refractivity contribution in [2.24, 2.45) is 0 Å². The molecule has 0 saturated heterocycles. The molecule has 0 heterocycles. The number of nitrogens with one attached hydrogen (secondary N) is 1. The lowest BCUT2D eigenvalue weighted by molar-refractivity contribution is -0.117. The number of hydrogen-bond donors (Lipinski definition) is 1. The molecule has 0 saturated carbocycles. The Balaban J connectivity index is 1.81. The van der Waals surface area contributed by atoms with Gasteiger partial charge in [0.2, 0.25) is 5.91 Å². The van der Waals surface area contributed by atoms with Gasteiger partial charge < -0.3 is 14.8 Å². The van der Waals surface area contributed by atoms with Gasteiger partial charge in [-0.25, -0.2) is 0 Å². The van der Waals surface area contributed by atoms with Gasteiger partial charge in [0, 0.05) is 12.2 Å². The van der Waals surface area contributed by atoms with Crippen LogP contribution in [0.1, 0.15) is 12.5 Å². The fourth-order valence-corrected chi connectivity index (χ4v) is 2.39. The van der Waals surface area contributed by atoms with Crippen molar-refractivity contribution in [2.45, 2.75) is 20.1 Å². The Morgan fingerprint density at radius 3 is 2.27 bits per heavy atom. The highest BCUT2D eigenvalue weighted by Crippen LogP contribution is 2.18. The van der Waals surface area contributed by atoms with Crippen molar-refractivity contribution in [3.05, 3.63) is 54.1 Å². The van der Waals surface area contributed by atoms with Crippen molar-refractivity contribution in [2.75, 3.05) is 25.5 Å². The lowest BCUT2D eigenvalue weighted by Gasteiger charge is -2.17. The zero-order chi connectivity index (χ0) is 18.9. The Hall–Kier alpha value is -2.67. The van der Waals surface area contributed by atoms with E-state index in [4.69, 9.17) is 4.74 Å². The van der Waals surface area contributed by atoms with E-state index in [1.807, 2.05) is 43.1 Å². The normalized spacial score (nSPS) is 10.8. The molecule has 0 aliphatic rings. The maximum atomic E-state index is 12.1. The molecule has 0 spiro atoms. The van der Waals surface area contributed by atoms with Crippen LogP contribution in [0.2, 0.25) is 0 Å². The van der Waals surface area contributed by atoms with Gasteiger partial charge >= 0.3 is 6.61 Å². The lowest BCUT2D eigenvalue weighted by Crippen LogP contribution is -2.29. The van der Waals surface area contributed by atoms with E-state index < -0.39 is 6.61 Å². The van der Waals surface area contributed by atoms with Crippen molar-refractivity contribution >= 4 is 11.6 Å². The highest BCUT2D eigenvalue weighted by Gasteiger charge is 2.09. The van der Waals surface area contributed by atoms with Gasteiger partial charge in [-0.15, -0.1) is 0 Å². The number of alkyl halides is 2. The van der Waals surface area contributed by atoms with Gasteiger partial charge in [0.25, 0.3) is 0 Å². The minimum Gasteiger partial charge on any atom is -0.494 e. The third-order valence-corrected chi connectivity index (χ3v) is 3.46. The monoisotopic (exact) mass is 364 g/mol. The highest BCUT2D eigenvalue weighted by atomic mass is 19.3. The number of carbonyl (C=O) groups is 1. The van der Waals surface area contributed by atoms with Crippen LogP contribution >= 0.6 is 0 Å². The van der Waals surface area contributed by atoms with Gasteiger partial charge in [0.05, 0.1) is 13.2 Å². The molecule has 7 heteroatoms. The van der Waals surface area contributed by atoms with Crippen LogP contribution in [-0.4, -0.2) is 37.6 Å². The molecular formula is C19H22F2N2O3. The van der Waals surface area contributed by atoms with Crippen LogP contribution in [0, 0.1) is 0 Å². The molecule has 2 aromatic rings. The molecule has 0 bridgehead atoms. The molecule has 5 nitrogen and oxygen atoms in total. The van der Waals surface area contributed by atoms with Crippen LogP contribution in [0.4, 0.5) is 14.5 Å². The predicted molar refractivity (Wildman–Crippen MR) is 95.6 cm³/mol. The van der Waals surface area contributed by atoms with E-state index >= 15 is 0 Å². The summed E-state index contributed by atoms with van der Waals surface area (Å²) >= 11 is 0. The topological polar surface area (TPSA) is 50.8 Å². The number of halogens is 2. The molecule has 0 atom stereocenters. The van der Waals surface area contributed by atoms with Crippen LogP contribution in [0.25, 0.3) is 0 Å². The standard InChI is InChI=1S/C19H22F2N2O3/c1-3-25-16-8-4-14(5-9-16)12-23(2)13-18(24)22-15-6-10-17(11-7-15)26-19(20)21/h4-11,19H,3,12-13H2,1-2H3,(H,22,24). The number of likely N-dealkylation sites (N-methyl/N-ethyl adjacent to an activating group) is 1. The summed E-state index contributed by atoms with van der Waals surface area (Å²) in [5.74, 6) is 0.669. The molecule has 0 radical (unpaired) electrons. The van der Waals surface area contributed by atoms with Gasteiger partial charge in [-0.05, 0) is 55.9 Å². The van der Waals surface area contributed by atoms with Gasteiger partial charge in [-0.1, -0.05) is 12.1 Å². The molecule has 0 fully saturated rings. The summed E-state index contributed by atoms with van der Waals surface area (Å²) in [6.45, 7) is 0.490. The maximum absolute atomic E-state index is 12.1. The van der Waals surface area contributed by atoms with E-state index in [9.17, 15) is 13.6 Å². The Kier molecular flexibility index (Phi) is 7.35. The number of benzene rings is 2. The summed E-state index contributed by atoms with van der Waals surface area (Å²) in [5.41, 5.74) is 1.59. The minimum atomic E-state index is -2.87. The fraction of sp³-hybridized carbons (Fsp3) is 0.316. The Morgan fingerprint density at radius 2 is 1.69 bits per heavy atom. The van der Waals surface area contributed by atoms with E-state index in [1.165, 1.54) is 24.3 Å². The Morgan fingerprint density at radius 1 is 1.08 bits per heavy atom. The van der Waals surface area contributed by atoms with Gasteiger partial charge in [-0.2, -0.15) is 8.78 Å². The molecule has 2 rings (SSSR count). The van der Waals surface area contributed by atoms with Crippen molar-refractivity contribution in [3.8, 4) is 11.5 Å². The maximum Gasteiger partial charge on any atom is 0.387 e. The van der Waals surface area contributed by atoms with Crippen molar-refractivity contribution in [1.29, 1.82) is 0 Å². The van der Waals surface area contributed by atoms with Crippen molar-refractivity contribution in [3.63, 3.8) is 0 Å². The van der Waals surface area contributed by atoms with Crippen LogP contribution < -0.4 is 14.8 Å². The first-order valence-electron chi connectivity index (χ1n) is 8.21. The second-order valence-electron chi connectivity index (χ2n) is 5.70. The first-order valence-corrected chi connectivity index (χ1v) is 8.21. The van der Waals surface area contributed by atoms with Gasteiger partial charge in [0.15, 0.2) is 0 Å². The molecule has 1 amide bonds. The van der Waals surface area contributed by atoms with Crippen molar-refractivity contribution < 1.29 is 23.0 Å². The second kappa shape index (κ2) is 9.72. The highest BCUT2D eigenvalue weighted by molar-refractivity contribution is 5.92. The van der Waals surface area contributed by atoms with E-state index in [0.29, 0.717) is 18.8 Å². The molecule has 0 aromatic heterocycles. The van der Waals surface area contributed by atoms with E-state index in [-0.39, 0.29) is 18.2 Å². The van der Waals surface area contributed by atoms with Gasteiger partial charge in [0.1, 0.15) is 11.5 Å². The molecule has 2 aromatic carbocycles. The first kappa shape index (κ1) is 19.7. The fourth-order valence-electron chi connectivity index (χ4n) is 2.39. The number of rotatable bonds is 9. The van der Waals surface area contributed by atoms with Crippen LogP contribution in [0.15, 0.2) is 48.5 Å². The zero-order valence-electron chi connectivity index (χ0n) is 14.7. The largest absolute Gasteiger partial charge is 0.494 e. The van der Waals surface area contributed by atoms with Crippen LogP contribution in [0.3, 0.4) is 0 Å². The summed E-state index contributed by atoms with van der Waals surface area (Å²) < 4.78 is 33.9. The number of nitrogens with zero attached hydrogens (tertiary/aromatic N) is 1. The molecule has 140 valence electrons. The zero-order valence-corrected chi connectivity index (χ0v) is 14.7. The third kappa shape index (κ3) is 6.68. The molecule has 1 N–H and O–H groups in total. The number of amides is 1. The molecule has 0 aliphatic carbocycles. The van der Waals surface area contributed by atoms with E-state index in [2.05, 4.69) is 10.1 Å². The Bertz CT molecular complexity index is 691. The number of ether oxygens (including phenoxy) is 2. The molecule has 0 aliphatic heterocycles. The summed E-state index contributed by atoms with van der Waals surface area (Å²) in [6, 6.07) is 13.5. The number of anilines is 1.